The SMILES string of the molecule is COc1ccc(C(C)O)c(OCC(=O)N2CCCC2)c1. The van der Waals surface area contributed by atoms with Gasteiger partial charge in [0.25, 0.3) is 5.91 Å². The van der Waals surface area contributed by atoms with E-state index in [4.69, 9.17) is 9.47 Å². The molecule has 1 aromatic rings. The maximum Gasteiger partial charge on any atom is 0.260 e. The summed E-state index contributed by atoms with van der Waals surface area (Å²) in [4.78, 5) is 13.8. The van der Waals surface area contributed by atoms with Crippen LogP contribution in [0.4, 0.5) is 0 Å². The molecule has 20 heavy (non-hydrogen) atoms. The quantitative estimate of drug-likeness (QED) is 0.892. The van der Waals surface area contributed by atoms with E-state index in [-0.39, 0.29) is 12.5 Å². The highest BCUT2D eigenvalue weighted by molar-refractivity contribution is 5.78. The lowest BCUT2D eigenvalue weighted by molar-refractivity contribution is -0.132. The smallest absolute Gasteiger partial charge is 0.260 e. The van der Waals surface area contributed by atoms with Crippen LogP contribution >= 0.6 is 0 Å². The Balaban J connectivity index is 2.04. The molecule has 1 saturated heterocycles. The highest BCUT2D eigenvalue weighted by Crippen LogP contribution is 2.29. The average Bonchev–Trinajstić information content (AvgIpc) is 2.98. The highest BCUT2D eigenvalue weighted by Gasteiger charge is 2.19. The maximum absolute atomic E-state index is 12.0. The van der Waals surface area contributed by atoms with Gasteiger partial charge in [0.2, 0.25) is 0 Å². The number of hydrogen-bond donors (Lipinski definition) is 1. The molecule has 0 saturated carbocycles. The number of benzene rings is 1. The van der Waals surface area contributed by atoms with Gasteiger partial charge in [-0.25, -0.2) is 0 Å². The van der Waals surface area contributed by atoms with Gasteiger partial charge in [-0.05, 0) is 31.9 Å². The third-order valence-corrected chi connectivity index (χ3v) is 3.48. The molecule has 1 heterocycles. The lowest BCUT2D eigenvalue weighted by Gasteiger charge is -2.18. The number of carbonyl (C=O) groups excluding carboxylic acids is 1. The average molecular weight is 279 g/mol. The minimum Gasteiger partial charge on any atom is -0.497 e. The second kappa shape index (κ2) is 6.61. The molecule has 1 amide bonds. The Kier molecular flexibility index (Phi) is 4.84. The van der Waals surface area contributed by atoms with E-state index in [0.29, 0.717) is 17.1 Å². The minimum absolute atomic E-state index is 0.00706. The largest absolute Gasteiger partial charge is 0.497 e. The fraction of sp³-hybridized carbons (Fsp3) is 0.533. The summed E-state index contributed by atoms with van der Waals surface area (Å²) in [5.74, 6) is 1.12. The van der Waals surface area contributed by atoms with E-state index < -0.39 is 6.10 Å². The zero-order valence-electron chi connectivity index (χ0n) is 12.0. The van der Waals surface area contributed by atoms with Gasteiger partial charge in [-0.2, -0.15) is 0 Å². The van der Waals surface area contributed by atoms with Gasteiger partial charge < -0.3 is 19.5 Å². The van der Waals surface area contributed by atoms with E-state index in [1.807, 2.05) is 4.90 Å². The first kappa shape index (κ1) is 14.7. The zero-order valence-corrected chi connectivity index (χ0v) is 12.0. The predicted molar refractivity (Wildman–Crippen MR) is 74.9 cm³/mol. The van der Waals surface area contributed by atoms with Crippen molar-refractivity contribution in [1.29, 1.82) is 0 Å². The molecule has 5 heteroatoms. The molecule has 0 aliphatic carbocycles. The molecule has 2 rings (SSSR count). The Morgan fingerprint density at radius 1 is 1.40 bits per heavy atom. The molecular formula is C15H21NO4. The van der Waals surface area contributed by atoms with Gasteiger partial charge in [-0.3, -0.25) is 4.79 Å². The van der Waals surface area contributed by atoms with E-state index in [2.05, 4.69) is 0 Å². The van der Waals surface area contributed by atoms with Crippen LogP contribution in [0.5, 0.6) is 11.5 Å². The normalized spacial score (nSPS) is 16.1. The first-order valence-corrected chi connectivity index (χ1v) is 6.88. The van der Waals surface area contributed by atoms with Gasteiger partial charge >= 0.3 is 0 Å². The van der Waals surface area contributed by atoms with Crippen molar-refractivity contribution in [2.24, 2.45) is 0 Å². The van der Waals surface area contributed by atoms with E-state index in [0.717, 1.165) is 25.9 Å². The maximum atomic E-state index is 12.0. The summed E-state index contributed by atoms with van der Waals surface area (Å²) in [6, 6.07) is 5.20. The zero-order chi connectivity index (χ0) is 14.5. The fourth-order valence-electron chi connectivity index (χ4n) is 2.31. The molecule has 1 unspecified atom stereocenters. The third kappa shape index (κ3) is 3.42. The Hall–Kier alpha value is -1.75. The number of amides is 1. The summed E-state index contributed by atoms with van der Waals surface area (Å²) in [6.45, 7) is 3.27. The van der Waals surface area contributed by atoms with Crippen molar-refractivity contribution >= 4 is 5.91 Å². The molecule has 110 valence electrons. The van der Waals surface area contributed by atoms with Gasteiger partial charge in [0.1, 0.15) is 11.5 Å². The molecule has 0 aromatic heterocycles. The van der Waals surface area contributed by atoms with Crippen molar-refractivity contribution in [2.75, 3.05) is 26.8 Å². The van der Waals surface area contributed by atoms with Crippen molar-refractivity contribution in [3.8, 4) is 11.5 Å². The summed E-state index contributed by atoms with van der Waals surface area (Å²) >= 11 is 0. The molecule has 0 radical (unpaired) electrons. The van der Waals surface area contributed by atoms with Gasteiger partial charge in [0, 0.05) is 24.7 Å². The number of carbonyl (C=O) groups is 1. The van der Waals surface area contributed by atoms with E-state index in [1.165, 1.54) is 0 Å². The second-order valence-electron chi connectivity index (χ2n) is 4.96. The second-order valence-corrected chi connectivity index (χ2v) is 4.96. The lowest BCUT2D eigenvalue weighted by atomic mass is 10.1. The summed E-state index contributed by atoms with van der Waals surface area (Å²) < 4.78 is 10.7. The summed E-state index contributed by atoms with van der Waals surface area (Å²) in [6.07, 6.45) is 1.46. The van der Waals surface area contributed by atoms with Gasteiger partial charge in [0.15, 0.2) is 6.61 Å². The number of aliphatic hydroxyl groups excluding tert-OH is 1. The molecule has 0 spiro atoms. The molecule has 0 bridgehead atoms. The van der Waals surface area contributed by atoms with Crippen LogP contribution in [0.25, 0.3) is 0 Å². The number of nitrogens with zero attached hydrogens (tertiary/aromatic N) is 1. The van der Waals surface area contributed by atoms with E-state index >= 15 is 0 Å². The van der Waals surface area contributed by atoms with Crippen molar-refractivity contribution in [1.82, 2.24) is 4.90 Å². The van der Waals surface area contributed by atoms with Crippen LogP contribution in [0.15, 0.2) is 18.2 Å². The third-order valence-electron chi connectivity index (χ3n) is 3.48. The molecule has 1 aliphatic rings. The molecule has 5 nitrogen and oxygen atoms in total. The van der Waals surface area contributed by atoms with Crippen molar-refractivity contribution in [3.05, 3.63) is 23.8 Å². The topological polar surface area (TPSA) is 59.0 Å². The molecular weight excluding hydrogens is 258 g/mol. The molecule has 1 atom stereocenters. The predicted octanol–water partition coefficient (Wildman–Crippen LogP) is 1.75. The van der Waals surface area contributed by atoms with Gasteiger partial charge in [-0.15, -0.1) is 0 Å². The molecule has 1 fully saturated rings. The standard InChI is InChI=1S/C15H21NO4/c1-11(17)13-6-5-12(19-2)9-14(13)20-10-15(18)16-7-3-4-8-16/h5-6,9,11,17H,3-4,7-8,10H2,1-2H3. The molecule has 1 aromatic carbocycles. The molecule has 1 N–H and O–H groups in total. The number of likely N-dealkylation sites (tertiary alicyclic amines) is 1. The summed E-state index contributed by atoms with van der Waals surface area (Å²) in [7, 11) is 1.57. The summed E-state index contributed by atoms with van der Waals surface area (Å²) in [5.41, 5.74) is 0.653. The van der Waals surface area contributed by atoms with Crippen LogP contribution in [-0.4, -0.2) is 42.7 Å². The van der Waals surface area contributed by atoms with Gasteiger partial charge in [-0.1, -0.05) is 0 Å². The summed E-state index contributed by atoms with van der Waals surface area (Å²) in [5, 5.41) is 9.73. The van der Waals surface area contributed by atoms with Crippen molar-refractivity contribution in [2.45, 2.75) is 25.9 Å². The van der Waals surface area contributed by atoms with Crippen LogP contribution < -0.4 is 9.47 Å². The number of ether oxygens (including phenoxy) is 2. The van der Waals surface area contributed by atoms with E-state index in [9.17, 15) is 9.90 Å². The Bertz CT molecular complexity index is 467. The van der Waals surface area contributed by atoms with Crippen LogP contribution in [0.1, 0.15) is 31.4 Å². The first-order valence-electron chi connectivity index (χ1n) is 6.88. The Labute approximate surface area is 119 Å². The van der Waals surface area contributed by atoms with Crippen molar-refractivity contribution < 1.29 is 19.4 Å². The monoisotopic (exact) mass is 279 g/mol. The van der Waals surface area contributed by atoms with Crippen molar-refractivity contribution in [3.63, 3.8) is 0 Å². The number of methoxy groups -OCH3 is 1. The highest BCUT2D eigenvalue weighted by atomic mass is 16.5. The lowest BCUT2D eigenvalue weighted by Crippen LogP contribution is -2.32. The number of rotatable bonds is 5. The fourth-order valence-corrected chi connectivity index (χ4v) is 2.31. The van der Waals surface area contributed by atoms with E-state index in [1.54, 1.807) is 32.2 Å². The van der Waals surface area contributed by atoms with Crippen LogP contribution in [-0.2, 0) is 4.79 Å². The molecule has 1 aliphatic heterocycles. The first-order chi connectivity index (χ1) is 9.61. The van der Waals surface area contributed by atoms with Crippen LogP contribution in [0, 0.1) is 0 Å². The number of hydrogen-bond acceptors (Lipinski definition) is 4. The van der Waals surface area contributed by atoms with Crippen LogP contribution in [0.3, 0.4) is 0 Å². The Morgan fingerprint density at radius 3 is 2.70 bits per heavy atom. The van der Waals surface area contributed by atoms with Crippen LogP contribution in [0.2, 0.25) is 0 Å². The Morgan fingerprint density at radius 2 is 2.10 bits per heavy atom. The minimum atomic E-state index is -0.655. The number of aliphatic hydroxyl groups is 1. The van der Waals surface area contributed by atoms with Gasteiger partial charge in [0.05, 0.1) is 13.2 Å².